The molecular formula is C43H42N5O7. The van der Waals surface area contributed by atoms with Crippen LogP contribution in [-0.4, -0.2) is 71.8 Å². The van der Waals surface area contributed by atoms with Gasteiger partial charge in [-0.2, -0.15) is 0 Å². The Bertz CT molecular complexity index is 2200. The molecule has 55 heavy (non-hydrogen) atoms. The maximum Gasteiger partial charge on any atom is 0.407 e. The number of furan rings is 1. The zero-order valence-electron chi connectivity index (χ0n) is 30.6. The molecule has 2 aliphatic rings. The lowest BCUT2D eigenvalue weighted by molar-refractivity contribution is -0.138. The molecule has 2 aliphatic heterocycles. The highest BCUT2D eigenvalue weighted by Gasteiger charge is 2.39. The number of aryl methyl sites for hydroxylation is 1. The Hall–Kier alpha value is -6.43. The zero-order chi connectivity index (χ0) is 38.5. The fourth-order valence-corrected chi connectivity index (χ4v) is 7.37. The van der Waals surface area contributed by atoms with Crippen LogP contribution in [0.1, 0.15) is 48.4 Å². The number of anilines is 2. The lowest BCUT2D eigenvalue weighted by atomic mass is 10.0. The van der Waals surface area contributed by atoms with Crippen LogP contribution in [0, 0.1) is 13.3 Å². The van der Waals surface area contributed by atoms with E-state index in [4.69, 9.17) is 9.15 Å². The summed E-state index contributed by atoms with van der Waals surface area (Å²) in [5.41, 5.74) is 4.82. The molecule has 5 amide bonds. The van der Waals surface area contributed by atoms with Crippen LogP contribution in [0.15, 0.2) is 108 Å². The van der Waals surface area contributed by atoms with E-state index in [1.165, 1.54) is 12.0 Å². The van der Waals surface area contributed by atoms with Crippen molar-refractivity contribution in [1.82, 2.24) is 15.1 Å². The van der Waals surface area contributed by atoms with Crippen molar-refractivity contribution in [3.63, 3.8) is 0 Å². The maximum absolute atomic E-state index is 13.8. The number of hydrogen-bond acceptors (Lipinski definition) is 7. The van der Waals surface area contributed by atoms with Crippen LogP contribution in [-0.2, 0) is 23.9 Å². The second-order valence-corrected chi connectivity index (χ2v) is 13.8. The largest absolute Gasteiger partial charge is 0.456 e. The number of rotatable bonds is 10. The van der Waals surface area contributed by atoms with E-state index in [0.717, 1.165) is 28.5 Å². The van der Waals surface area contributed by atoms with E-state index >= 15 is 0 Å². The first-order valence-corrected chi connectivity index (χ1v) is 18.3. The summed E-state index contributed by atoms with van der Waals surface area (Å²) in [7, 11) is 1.23. The van der Waals surface area contributed by atoms with E-state index in [0.29, 0.717) is 60.6 Å². The van der Waals surface area contributed by atoms with Gasteiger partial charge in [0.2, 0.25) is 17.7 Å². The Balaban J connectivity index is 1.00. The first-order chi connectivity index (χ1) is 26.7. The summed E-state index contributed by atoms with van der Waals surface area (Å²) < 4.78 is 11.0. The molecule has 0 aliphatic carbocycles. The molecule has 281 valence electrons. The fourth-order valence-electron chi connectivity index (χ4n) is 7.37. The summed E-state index contributed by atoms with van der Waals surface area (Å²) in [5.74, 6) is -0.511. The molecular weight excluding hydrogens is 699 g/mol. The van der Waals surface area contributed by atoms with E-state index in [2.05, 4.69) is 16.0 Å². The third-order valence-corrected chi connectivity index (χ3v) is 10.1. The van der Waals surface area contributed by atoms with Crippen molar-refractivity contribution in [2.45, 2.75) is 50.7 Å². The predicted octanol–water partition coefficient (Wildman–Crippen LogP) is 6.62. The van der Waals surface area contributed by atoms with Crippen molar-refractivity contribution in [3.8, 4) is 11.3 Å². The Labute approximate surface area is 318 Å². The van der Waals surface area contributed by atoms with E-state index < -0.39 is 24.2 Å². The second kappa shape index (κ2) is 16.3. The first kappa shape index (κ1) is 36.9. The average molecular weight is 741 g/mol. The SMILES string of the molecule is COC(=O)N[C@@H](C(=O)N1CCC[C@H]1C(=O)Nc1cc(C)c2oc(-c3ccc(NC(=O)[C@@H]4CCCN4C(=O)[CH]c4ccccc4)cc3)cc2c1)c1ccccc1. The Morgan fingerprint density at radius 1 is 0.764 bits per heavy atom. The number of benzene rings is 4. The van der Waals surface area contributed by atoms with Crippen molar-refractivity contribution < 1.29 is 33.1 Å². The van der Waals surface area contributed by atoms with Gasteiger partial charge < -0.3 is 34.9 Å². The number of fused-ring (bicyclic) bond motifs is 1. The molecule has 12 heteroatoms. The summed E-state index contributed by atoms with van der Waals surface area (Å²) in [5, 5.41) is 9.37. The number of hydrogen-bond donors (Lipinski definition) is 3. The van der Waals surface area contributed by atoms with E-state index in [1.807, 2.05) is 73.7 Å². The topological polar surface area (TPSA) is 150 Å². The molecule has 7 rings (SSSR count). The first-order valence-electron chi connectivity index (χ1n) is 18.3. The third-order valence-electron chi connectivity index (χ3n) is 10.1. The Kier molecular flexibility index (Phi) is 10.9. The zero-order valence-corrected chi connectivity index (χ0v) is 30.6. The van der Waals surface area contributed by atoms with Crippen LogP contribution < -0.4 is 16.0 Å². The number of nitrogens with zero attached hydrogens (tertiary/aromatic N) is 2. The van der Waals surface area contributed by atoms with E-state index in [1.54, 1.807) is 47.7 Å². The number of nitrogens with one attached hydrogen (secondary N) is 3. The second-order valence-electron chi connectivity index (χ2n) is 13.8. The van der Waals surface area contributed by atoms with Gasteiger partial charge in [-0.25, -0.2) is 4.79 Å². The van der Waals surface area contributed by atoms with Gasteiger partial charge in [0.1, 0.15) is 29.5 Å². The highest BCUT2D eigenvalue weighted by molar-refractivity contribution is 6.01. The van der Waals surface area contributed by atoms with Crippen molar-refractivity contribution in [3.05, 3.63) is 126 Å². The number of alkyl carbamates (subject to hydrolysis) is 1. The molecule has 2 fully saturated rings. The van der Waals surface area contributed by atoms with Gasteiger partial charge in [-0.3, -0.25) is 19.2 Å². The molecule has 0 spiro atoms. The molecule has 3 N–H and O–H groups in total. The highest BCUT2D eigenvalue weighted by atomic mass is 16.5. The van der Waals surface area contributed by atoms with Crippen molar-refractivity contribution in [2.24, 2.45) is 0 Å². The third kappa shape index (κ3) is 8.23. The van der Waals surface area contributed by atoms with Crippen LogP contribution in [0.2, 0.25) is 0 Å². The van der Waals surface area contributed by atoms with Gasteiger partial charge in [-0.15, -0.1) is 0 Å². The number of carbonyl (C=O) groups is 5. The molecule has 5 aromatic rings. The van der Waals surface area contributed by atoms with Crippen LogP contribution >= 0.6 is 0 Å². The summed E-state index contributed by atoms with van der Waals surface area (Å²) >= 11 is 0. The lowest BCUT2D eigenvalue weighted by Gasteiger charge is -2.28. The molecule has 12 nitrogen and oxygen atoms in total. The van der Waals surface area contributed by atoms with Crippen molar-refractivity contribution in [2.75, 3.05) is 30.8 Å². The Morgan fingerprint density at radius 3 is 2.05 bits per heavy atom. The summed E-state index contributed by atoms with van der Waals surface area (Å²) in [6.07, 6.45) is 3.29. The molecule has 4 aromatic carbocycles. The van der Waals surface area contributed by atoms with Crippen LogP contribution in [0.25, 0.3) is 22.3 Å². The van der Waals surface area contributed by atoms with Gasteiger partial charge in [0.15, 0.2) is 0 Å². The Morgan fingerprint density at radius 2 is 1.38 bits per heavy atom. The van der Waals surface area contributed by atoms with Crippen LogP contribution in [0.3, 0.4) is 0 Å². The van der Waals surface area contributed by atoms with E-state index in [9.17, 15) is 24.0 Å². The molecule has 2 saturated heterocycles. The standard InChI is InChI=1S/C43H42N5O7/c1-27-23-33(45-41(51)35-16-10-22-48(35)42(52)38(46-43(53)54-2)30-13-7-4-8-14-30)25-31-26-36(55-39(27)31)29-17-19-32(20-18-29)44-40(50)34-15-9-21-47(34)37(49)24-28-11-5-3-6-12-28/h3-8,11-14,17-20,23-26,34-35,38H,9-10,15-16,21-22H2,1-2H3,(H,44,50)(H,45,51)(H,46,53)/t34-,35-,38+/m0/s1. The minimum atomic E-state index is -1.01. The molecule has 0 saturated carbocycles. The van der Waals surface area contributed by atoms with Crippen LogP contribution in [0.4, 0.5) is 16.2 Å². The number of likely N-dealkylation sites (tertiary alicyclic amines) is 2. The summed E-state index contributed by atoms with van der Waals surface area (Å²) in [6.45, 7) is 2.80. The average Bonchev–Trinajstić information content (AvgIpc) is 3.99. The summed E-state index contributed by atoms with van der Waals surface area (Å²) in [6, 6.07) is 28.8. The van der Waals surface area contributed by atoms with E-state index in [-0.39, 0.29) is 23.6 Å². The minimum absolute atomic E-state index is 0.181. The summed E-state index contributed by atoms with van der Waals surface area (Å²) in [4.78, 5) is 69.0. The lowest BCUT2D eigenvalue weighted by Crippen LogP contribution is -2.48. The molecule has 3 heterocycles. The maximum atomic E-state index is 13.8. The number of methoxy groups -OCH3 is 1. The smallest absolute Gasteiger partial charge is 0.407 e. The fraction of sp³-hybridized carbons (Fsp3) is 0.256. The van der Waals surface area contributed by atoms with Gasteiger partial charge in [0.05, 0.1) is 13.5 Å². The van der Waals surface area contributed by atoms with Gasteiger partial charge in [-0.1, -0.05) is 60.7 Å². The minimum Gasteiger partial charge on any atom is -0.456 e. The van der Waals surface area contributed by atoms with Gasteiger partial charge in [0.25, 0.3) is 5.91 Å². The number of amides is 5. The van der Waals surface area contributed by atoms with Gasteiger partial charge >= 0.3 is 6.09 Å². The van der Waals surface area contributed by atoms with Crippen molar-refractivity contribution >= 4 is 52.1 Å². The monoisotopic (exact) mass is 740 g/mol. The van der Waals surface area contributed by atoms with Gasteiger partial charge in [-0.05, 0) is 91.8 Å². The number of carbonyl (C=O) groups excluding carboxylic acids is 5. The van der Waals surface area contributed by atoms with Crippen molar-refractivity contribution in [1.29, 1.82) is 0 Å². The molecule has 1 radical (unpaired) electrons. The quantitative estimate of drug-likeness (QED) is 0.146. The highest BCUT2D eigenvalue weighted by Crippen LogP contribution is 2.33. The molecule has 0 unspecified atom stereocenters. The predicted molar refractivity (Wildman–Crippen MR) is 208 cm³/mol. The molecule has 0 bridgehead atoms. The normalized spacial score (nSPS) is 17.1. The number of ether oxygens (including phenoxy) is 1. The molecule has 1 aromatic heterocycles. The molecule has 3 atom stereocenters. The van der Waals surface area contributed by atoms with Crippen LogP contribution in [0.5, 0.6) is 0 Å². The van der Waals surface area contributed by atoms with Gasteiger partial charge in [0, 0.05) is 35.4 Å².